The Kier molecular flexibility index (Phi) is 4.77. The standard InChI is InChI=1S/C14H16F3N/c1-10(2)5-4-6-11-7-8-13(18-3)12(9-11)14(15,16)17/h7-10H,4-6H2,1-2H3. The van der Waals surface area contributed by atoms with Crippen LogP contribution >= 0.6 is 0 Å². The molecule has 0 N–H and O–H groups in total. The largest absolute Gasteiger partial charge is 0.407 e. The second-order valence-electron chi connectivity index (χ2n) is 4.75. The quantitative estimate of drug-likeness (QED) is 0.648. The van der Waals surface area contributed by atoms with Crippen molar-refractivity contribution in [3.05, 3.63) is 40.7 Å². The fourth-order valence-electron chi connectivity index (χ4n) is 1.78. The molecule has 1 nitrogen and oxygen atoms in total. The zero-order chi connectivity index (χ0) is 13.8. The highest BCUT2D eigenvalue weighted by Gasteiger charge is 2.33. The van der Waals surface area contributed by atoms with Gasteiger partial charge in [-0.25, -0.2) is 4.85 Å². The number of nitrogens with zero attached hydrogens (tertiary/aromatic N) is 1. The molecule has 1 aromatic rings. The second kappa shape index (κ2) is 5.90. The molecule has 0 atom stereocenters. The molecule has 0 spiro atoms. The van der Waals surface area contributed by atoms with E-state index in [-0.39, 0.29) is 5.69 Å². The lowest BCUT2D eigenvalue weighted by molar-refractivity contribution is -0.136. The monoisotopic (exact) mass is 255 g/mol. The lowest BCUT2D eigenvalue weighted by Crippen LogP contribution is -2.06. The summed E-state index contributed by atoms with van der Waals surface area (Å²) in [6.45, 7) is 10.9. The van der Waals surface area contributed by atoms with Gasteiger partial charge >= 0.3 is 6.18 Å². The van der Waals surface area contributed by atoms with Crippen LogP contribution in [0.2, 0.25) is 0 Å². The summed E-state index contributed by atoms with van der Waals surface area (Å²) in [5.74, 6) is 0.551. The number of halogens is 3. The molecule has 0 amide bonds. The molecular formula is C14H16F3N. The van der Waals surface area contributed by atoms with Crippen LogP contribution in [0.4, 0.5) is 18.9 Å². The fourth-order valence-corrected chi connectivity index (χ4v) is 1.78. The van der Waals surface area contributed by atoms with Crippen LogP contribution in [0.25, 0.3) is 4.85 Å². The van der Waals surface area contributed by atoms with Crippen molar-refractivity contribution in [3.63, 3.8) is 0 Å². The highest BCUT2D eigenvalue weighted by atomic mass is 19.4. The van der Waals surface area contributed by atoms with Gasteiger partial charge in [0.2, 0.25) is 0 Å². The molecular weight excluding hydrogens is 239 g/mol. The van der Waals surface area contributed by atoms with Crippen LogP contribution in [0.3, 0.4) is 0 Å². The van der Waals surface area contributed by atoms with E-state index in [2.05, 4.69) is 18.7 Å². The minimum absolute atomic E-state index is 0.324. The Bertz CT molecular complexity index is 441. The molecule has 0 saturated heterocycles. The predicted octanol–water partition coefficient (Wildman–Crippen LogP) is 5.23. The zero-order valence-electron chi connectivity index (χ0n) is 10.5. The van der Waals surface area contributed by atoms with Gasteiger partial charge in [0.25, 0.3) is 0 Å². The van der Waals surface area contributed by atoms with Crippen LogP contribution in [0, 0.1) is 12.5 Å². The molecule has 98 valence electrons. The van der Waals surface area contributed by atoms with Gasteiger partial charge in [-0.05, 0) is 24.3 Å². The molecule has 0 bridgehead atoms. The summed E-state index contributed by atoms with van der Waals surface area (Å²) in [7, 11) is 0. The van der Waals surface area contributed by atoms with Gasteiger partial charge in [0.05, 0.1) is 12.1 Å². The lowest BCUT2D eigenvalue weighted by Gasteiger charge is -2.11. The number of hydrogen-bond acceptors (Lipinski definition) is 0. The summed E-state index contributed by atoms with van der Waals surface area (Å²) >= 11 is 0. The molecule has 0 radical (unpaired) electrons. The molecule has 0 saturated carbocycles. The average molecular weight is 255 g/mol. The summed E-state index contributed by atoms with van der Waals surface area (Å²) in [5, 5.41) is 0. The van der Waals surface area contributed by atoms with Crippen molar-refractivity contribution in [1.29, 1.82) is 0 Å². The van der Waals surface area contributed by atoms with E-state index >= 15 is 0 Å². The zero-order valence-corrected chi connectivity index (χ0v) is 10.5. The van der Waals surface area contributed by atoms with E-state index in [0.29, 0.717) is 17.9 Å². The van der Waals surface area contributed by atoms with Gasteiger partial charge in [0.1, 0.15) is 0 Å². The van der Waals surface area contributed by atoms with Gasteiger partial charge in [0, 0.05) is 0 Å². The van der Waals surface area contributed by atoms with Gasteiger partial charge in [-0.2, -0.15) is 13.2 Å². The van der Waals surface area contributed by atoms with Crippen LogP contribution in [-0.4, -0.2) is 0 Å². The molecule has 18 heavy (non-hydrogen) atoms. The van der Waals surface area contributed by atoms with Gasteiger partial charge in [-0.1, -0.05) is 38.5 Å². The lowest BCUT2D eigenvalue weighted by atomic mass is 10.0. The Hall–Kier alpha value is -1.50. The molecule has 4 heteroatoms. The van der Waals surface area contributed by atoms with Crippen LogP contribution in [-0.2, 0) is 12.6 Å². The first kappa shape index (κ1) is 14.6. The third kappa shape index (κ3) is 4.06. The topological polar surface area (TPSA) is 4.36 Å². The van der Waals surface area contributed by atoms with E-state index in [1.54, 1.807) is 6.07 Å². The van der Waals surface area contributed by atoms with Crippen molar-refractivity contribution in [2.45, 2.75) is 39.3 Å². The molecule has 1 rings (SSSR count). The van der Waals surface area contributed by atoms with Crippen LogP contribution < -0.4 is 0 Å². The van der Waals surface area contributed by atoms with Crippen LogP contribution in [0.1, 0.15) is 37.8 Å². The maximum absolute atomic E-state index is 12.7. The number of alkyl halides is 3. The van der Waals surface area contributed by atoms with Gasteiger partial charge < -0.3 is 0 Å². The molecule has 0 heterocycles. The third-order valence-electron chi connectivity index (χ3n) is 2.73. The predicted molar refractivity (Wildman–Crippen MR) is 65.5 cm³/mol. The normalized spacial score (nSPS) is 11.6. The summed E-state index contributed by atoms with van der Waals surface area (Å²) < 4.78 is 38.2. The Morgan fingerprint density at radius 1 is 1.28 bits per heavy atom. The third-order valence-corrected chi connectivity index (χ3v) is 2.73. The Morgan fingerprint density at radius 3 is 2.44 bits per heavy atom. The van der Waals surface area contributed by atoms with Crippen molar-refractivity contribution < 1.29 is 13.2 Å². The summed E-state index contributed by atoms with van der Waals surface area (Å²) in [6.07, 6.45) is -1.97. The summed E-state index contributed by atoms with van der Waals surface area (Å²) in [5.41, 5.74) is -0.495. The molecule has 0 aliphatic rings. The van der Waals surface area contributed by atoms with Crippen molar-refractivity contribution in [3.8, 4) is 0 Å². The number of benzene rings is 1. The van der Waals surface area contributed by atoms with E-state index in [1.165, 1.54) is 6.07 Å². The van der Waals surface area contributed by atoms with Crippen molar-refractivity contribution in [2.75, 3.05) is 0 Å². The summed E-state index contributed by atoms with van der Waals surface area (Å²) in [4.78, 5) is 2.92. The molecule has 0 aliphatic heterocycles. The van der Waals surface area contributed by atoms with E-state index in [1.807, 2.05) is 0 Å². The van der Waals surface area contributed by atoms with E-state index in [0.717, 1.165) is 18.9 Å². The first-order valence-corrected chi connectivity index (χ1v) is 5.92. The van der Waals surface area contributed by atoms with Crippen LogP contribution in [0.5, 0.6) is 0 Å². The molecule has 0 aromatic heterocycles. The number of hydrogen-bond donors (Lipinski definition) is 0. The highest BCUT2D eigenvalue weighted by molar-refractivity contribution is 5.55. The van der Waals surface area contributed by atoms with E-state index in [4.69, 9.17) is 6.57 Å². The molecule has 0 aliphatic carbocycles. The Balaban J connectivity index is 2.88. The van der Waals surface area contributed by atoms with Gasteiger partial charge in [0.15, 0.2) is 5.69 Å². The van der Waals surface area contributed by atoms with Gasteiger partial charge in [-0.15, -0.1) is 0 Å². The van der Waals surface area contributed by atoms with Crippen LogP contribution in [0.15, 0.2) is 18.2 Å². The minimum atomic E-state index is -4.45. The smallest absolute Gasteiger partial charge is 0.238 e. The van der Waals surface area contributed by atoms with E-state index in [9.17, 15) is 13.2 Å². The maximum atomic E-state index is 12.7. The van der Waals surface area contributed by atoms with Crippen molar-refractivity contribution in [2.24, 2.45) is 5.92 Å². The Morgan fingerprint density at radius 2 is 1.94 bits per heavy atom. The number of aryl methyl sites for hydroxylation is 1. The maximum Gasteiger partial charge on any atom is 0.407 e. The second-order valence-corrected chi connectivity index (χ2v) is 4.75. The molecule has 0 unspecified atom stereocenters. The first-order chi connectivity index (χ1) is 8.34. The fraction of sp³-hybridized carbons (Fsp3) is 0.500. The highest BCUT2D eigenvalue weighted by Crippen LogP contribution is 2.37. The van der Waals surface area contributed by atoms with Crippen molar-refractivity contribution in [1.82, 2.24) is 0 Å². The Labute approximate surface area is 105 Å². The van der Waals surface area contributed by atoms with Crippen molar-refractivity contribution >= 4 is 5.69 Å². The molecule has 1 aromatic carbocycles. The average Bonchev–Trinajstić information content (AvgIpc) is 2.27. The molecule has 0 fully saturated rings. The first-order valence-electron chi connectivity index (χ1n) is 5.92. The summed E-state index contributed by atoms with van der Waals surface area (Å²) in [6, 6.07) is 3.98. The number of rotatable bonds is 4. The van der Waals surface area contributed by atoms with Gasteiger partial charge in [-0.3, -0.25) is 0 Å². The van der Waals surface area contributed by atoms with E-state index < -0.39 is 11.7 Å². The minimum Gasteiger partial charge on any atom is -0.238 e. The SMILES string of the molecule is [C-]#[N+]c1ccc(CCCC(C)C)cc1C(F)(F)F.